The van der Waals surface area contributed by atoms with E-state index >= 15 is 0 Å². The summed E-state index contributed by atoms with van der Waals surface area (Å²) in [7, 11) is 0. The summed E-state index contributed by atoms with van der Waals surface area (Å²) in [6.07, 6.45) is 5.92. The normalized spacial score (nSPS) is 32.7. The van der Waals surface area contributed by atoms with Crippen molar-refractivity contribution in [3.63, 3.8) is 0 Å². The Morgan fingerprint density at radius 3 is 2.45 bits per heavy atom. The van der Waals surface area contributed by atoms with Crippen LogP contribution in [0.4, 0.5) is 0 Å². The van der Waals surface area contributed by atoms with E-state index in [4.69, 9.17) is 4.74 Å². The topological polar surface area (TPSA) is 9.23 Å². The third-order valence-corrected chi connectivity index (χ3v) is 2.29. The number of hydrogen-bond acceptors (Lipinski definition) is 1. The minimum absolute atomic E-state index is 0.363. The SMILES string of the molecule is [CH2]C1CCCCC1OC(C)C. The van der Waals surface area contributed by atoms with Gasteiger partial charge in [-0.05, 0) is 39.5 Å². The van der Waals surface area contributed by atoms with Gasteiger partial charge in [-0.2, -0.15) is 0 Å². The van der Waals surface area contributed by atoms with Gasteiger partial charge in [-0.25, -0.2) is 0 Å². The van der Waals surface area contributed by atoms with Gasteiger partial charge in [0.1, 0.15) is 0 Å². The molecule has 1 saturated carbocycles. The van der Waals surface area contributed by atoms with Crippen LogP contribution in [-0.4, -0.2) is 12.2 Å². The molecule has 0 amide bonds. The Morgan fingerprint density at radius 2 is 1.91 bits per heavy atom. The molecular formula is C10H19O. The van der Waals surface area contributed by atoms with Crippen molar-refractivity contribution >= 4 is 0 Å². The maximum atomic E-state index is 5.74. The fourth-order valence-corrected chi connectivity index (χ4v) is 1.70. The van der Waals surface area contributed by atoms with Gasteiger partial charge in [0.15, 0.2) is 0 Å². The van der Waals surface area contributed by atoms with Crippen LogP contribution >= 0.6 is 0 Å². The highest BCUT2D eigenvalue weighted by Crippen LogP contribution is 2.26. The molecule has 65 valence electrons. The highest BCUT2D eigenvalue weighted by Gasteiger charge is 2.22. The van der Waals surface area contributed by atoms with Crippen molar-refractivity contribution in [2.24, 2.45) is 5.92 Å². The maximum Gasteiger partial charge on any atom is 0.0606 e. The Bertz CT molecular complexity index is 109. The molecule has 1 aliphatic carbocycles. The molecule has 0 bridgehead atoms. The van der Waals surface area contributed by atoms with Crippen molar-refractivity contribution in [2.75, 3.05) is 0 Å². The van der Waals surface area contributed by atoms with Crippen LogP contribution in [0.1, 0.15) is 39.5 Å². The first-order valence-electron chi connectivity index (χ1n) is 4.68. The second-order valence-corrected chi connectivity index (χ2v) is 3.77. The zero-order valence-electron chi connectivity index (χ0n) is 7.68. The molecule has 2 atom stereocenters. The smallest absolute Gasteiger partial charge is 0.0606 e. The molecule has 1 aliphatic rings. The van der Waals surface area contributed by atoms with Crippen LogP contribution in [-0.2, 0) is 4.74 Å². The van der Waals surface area contributed by atoms with E-state index in [9.17, 15) is 0 Å². The second-order valence-electron chi connectivity index (χ2n) is 3.77. The molecule has 1 heteroatoms. The van der Waals surface area contributed by atoms with E-state index in [1.165, 1.54) is 25.7 Å². The van der Waals surface area contributed by atoms with Gasteiger partial charge in [-0.3, -0.25) is 0 Å². The van der Waals surface area contributed by atoms with Crippen LogP contribution in [0.3, 0.4) is 0 Å². The summed E-state index contributed by atoms with van der Waals surface area (Å²) in [6, 6.07) is 0. The van der Waals surface area contributed by atoms with Crippen LogP contribution < -0.4 is 0 Å². The van der Waals surface area contributed by atoms with Gasteiger partial charge in [0.05, 0.1) is 12.2 Å². The van der Waals surface area contributed by atoms with Gasteiger partial charge in [0, 0.05) is 0 Å². The lowest BCUT2D eigenvalue weighted by Crippen LogP contribution is -2.28. The standard InChI is InChI=1S/C10H19O/c1-8(2)11-10-7-5-4-6-9(10)3/h8-10H,3-7H2,1-2H3. The predicted molar refractivity (Wildman–Crippen MR) is 47.3 cm³/mol. The lowest BCUT2D eigenvalue weighted by molar-refractivity contribution is -0.0334. The Labute approximate surface area is 70.1 Å². The molecule has 1 radical (unpaired) electrons. The Hall–Kier alpha value is -0.0400. The van der Waals surface area contributed by atoms with Gasteiger partial charge in [-0.1, -0.05) is 12.8 Å². The molecule has 11 heavy (non-hydrogen) atoms. The fraction of sp³-hybridized carbons (Fsp3) is 0.900. The predicted octanol–water partition coefficient (Wildman–Crippen LogP) is 2.80. The van der Waals surface area contributed by atoms with Crippen molar-refractivity contribution < 1.29 is 4.74 Å². The van der Waals surface area contributed by atoms with Gasteiger partial charge < -0.3 is 4.74 Å². The summed E-state index contributed by atoms with van der Waals surface area (Å²) in [4.78, 5) is 0. The molecule has 0 heterocycles. The molecule has 0 aromatic heterocycles. The van der Waals surface area contributed by atoms with E-state index in [1.54, 1.807) is 0 Å². The molecule has 0 spiro atoms. The van der Waals surface area contributed by atoms with Crippen LogP contribution in [0.25, 0.3) is 0 Å². The lowest BCUT2D eigenvalue weighted by atomic mass is 9.88. The van der Waals surface area contributed by atoms with Crippen molar-refractivity contribution in [1.29, 1.82) is 0 Å². The van der Waals surface area contributed by atoms with Gasteiger partial charge in [0.25, 0.3) is 0 Å². The van der Waals surface area contributed by atoms with Crippen molar-refractivity contribution in [3.8, 4) is 0 Å². The van der Waals surface area contributed by atoms with Gasteiger partial charge >= 0.3 is 0 Å². The van der Waals surface area contributed by atoms with E-state index in [0.717, 1.165) is 0 Å². The number of hydrogen-bond donors (Lipinski definition) is 0. The summed E-state index contributed by atoms with van der Waals surface area (Å²) in [5.41, 5.74) is 0. The minimum Gasteiger partial charge on any atom is -0.375 e. The molecule has 0 saturated heterocycles. The Morgan fingerprint density at radius 1 is 1.27 bits per heavy atom. The average Bonchev–Trinajstić information content (AvgIpc) is 1.93. The highest BCUT2D eigenvalue weighted by molar-refractivity contribution is 4.77. The lowest BCUT2D eigenvalue weighted by Gasteiger charge is -2.30. The fourth-order valence-electron chi connectivity index (χ4n) is 1.70. The van der Waals surface area contributed by atoms with Crippen LogP contribution in [0.2, 0.25) is 0 Å². The molecule has 0 aromatic rings. The summed E-state index contributed by atoms with van der Waals surface area (Å²) >= 11 is 0. The molecule has 0 aromatic carbocycles. The van der Waals surface area contributed by atoms with E-state index in [2.05, 4.69) is 20.8 Å². The minimum atomic E-state index is 0.363. The quantitative estimate of drug-likeness (QED) is 0.596. The third kappa shape index (κ3) is 2.82. The molecule has 1 nitrogen and oxygen atoms in total. The molecule has 0 N–H and O–H groups in total. The van der Waals surface area contributed by atoms with Crippen LogP contribution in [0, 0.1) is 12.8 Å². The zero-order chi connectivity index (χ0) is 8.27. The first-order chi connectivity index (χ1) is 5.20. The molecular weight excluding hydrogens is 136 g/mol. The maximum absolute atomic E-state index is 5.74. The van der Waals surface area contributed by atoms with Crippen molar-refractivity contribution in [2.45, 2.75) is 51.7 Å². The van der Waals surface area contributed by atoms with Gasteiger partial charge in [-0.15, -0.1) is 0 Å². The monoisotopic (exact) mass is 155 g/mol. The first kappa shape index (κ1) is 9.05. The molecule has 0 aliphatic heterocycles. The van der Waals surface area contributed by atoms with E-state index in [1.807, 2.05) is 0 Å². The Balaban J connectivity index is 2.29. The van der Waals surface area contributed by atoms with Crippen molar-refractivity contribution in [1.82, 2.24) is 0 Å². The van der Waals surface area contributed by atoms with Crippen molar-refractivity contribution in [3.05, 3.63) is 6.92 Å². The van der Waals surface area contributed by atoms with Crippen LogP contribution in [0.15, 0.2) is 0 Å². The summed E-state index contributed by atoms with van der Waals surface area (Å²) < 4.78 is 5.74. The molecule has 1 fully saturated rings. The zero-order valence-corrected chi connectivity index (χ0v) is 7.68. The summed E-state index contributed by atoms with van der Waals surface area (Å²) in [5.74, 6) is 0.533. The summed E-state index contributed by atoms with van der Waals surface area (Å²) in [6.45, 7) is 8.30. The summed E-state index contributed by atoms with van der Waals surface area (Å²) in [5, 5.41) is 0. The largest absolute Gasteiger partial charge is 0.375 e. The Kier molecular flexibility index (Phi) is 3.38. The van der Waals surface area contributed by atoms with E-state index in [0.29, 0.717) is 18.1 Å². The van der Waals surface area contributed by atoms with Crippen LogP contribution in [0.5, 0.6) is 0 Å². The second kappa shape index (κ2) is 4.10. The third-order valence-electron chi connectivity index (χ3n) is 2.29. The number of rotatable bonds is 2. The first-order valence-corrected chi connectivity index (χ1v) is 4.68. The van der Waals surface area contributed by atoms with E-state index < -0.39 is 0 Å². The average molecular weight is 155 g/mol. The van der Waals surface area contributed by atoms with Gasteiger partial charge in [0.2, 0.25) is 0 Å². The van der Waals surface area contributed by atoms with E-state index in [-0.39, 0.29) is 0 Å². The molecule has 1 rings (SSSR count). The highest BCUT2D eigenvalue weighted by atomic mass is 16.5. The number of ether oxygens (including phenoxy) is 1. The molecule has 2 unspecified atom stereocenters.